The summed E-state index contributed by atoms with van der Waals surface area (Å²) in [4.78, 5) is 0. The highest BCUT2D eigenvalue weighted by atomic mass is 15.3. The third-order valence-electron chi connectivity index (χ3n) is 2.39. The standard InChI is InChI=1S/C9H16N4/c1-3-13-9(11-7-4-5-7)8(10)6(2)12-13/h7,11H,3-5,10H2,1-2H3. The van der Waals surface area contributed by atoms with E-state index < -0.39 is 0 Å². The van der Waals surface area contributed by atoms with Crippen molar-refractivity contribution in [1.82, 2.24) is 9.78 Å². The first kappa shape index (κ1) is 8.41. The Hall–Kier alpha value is -1.19. The first-order chi connectivity index (χ1) is 6.22. The van der Waals surface area contributed by atoms with Crippen molar-refractivity contribution in [1.29, 1.82) is 0 Å². The second-order valence-corrected chi connectivity index (χ2v) is 3.58. The van der Waals surface area contributed by atoms with Crippen LogP contribution in [-0.2, 0) is 6.54 Å². The number of hydrogen-bond donors (Lipinski definition) is 2. The molecule has 0 atom stereocenters. The quantitative estimate of drug-likeness (QED) is 0.738. The van der Waals surface area contributed by atoms with E-state index in [2.05, 4.69) is 17.3 Å². The summed E-state index contributed by atoms with van der Waals surface area (Å²) in [5.74, 6) is 1.00. The van der Waals surface area contributed by atoms with Crippen LogP contribution in [-0.4, -0.2) is 15.8 Å². The van der Waals surface area contributed by atoms with Gasteiger partial charge in [-0.15, -0.1) is 0 Å². The number of nitrogens with two attached hydrogens (primary N) is 1. The smallest absolute Gasteiger partial charge is 0.148 e. The SMILES string of the molecule is CCn1nc(C)c(N)c1NC1CC1. The molecule has 0 saturated heterocycles. The average Bonchev–Trinajstić information content (AvgIpc) is 2.88. The second kappa shape index (κ2) is 2.94. The van der Waals surface area contributed by atoms with Crippen molar-refractivity contribution in [3.8, 4) is 0 Å². The summed E-state index contributed by atoms with van der Waals surface area (Å²) in [6.45, 7) is 4.89. The topological polar surface area (TPSA) is 55.9 Å². The van der Waals surface area contributed by atoms with E-state index in [1.807, 2.05) is 11.6 Å². The predicted octanol–water partition coefficient (Wildman–Crippen LogP) is 1.37. The molecular weight excluding hydrogens is 164 g/mol. The molecule has 0 aromatic carbocycles. The third kappa shape index (κ3) is 1.48. The molecule has 1 aliphatic carbocycles. The zero-order valence-corrected chi connectivity index (χ0v) is 8.17. The molecule has 0 amide bonds. The Morgan fingerprint density at radius 3 is 2.85 bits per heavy atom. The lowest BCUT2D eigenvalue weighted by Gasteiger charge is -2.07. The normalized spacial score (nSPS) is 16.2. The van der Waals surface area contributed by atoms with E-state index in [0.717, 1.165) is 23.7 Å². The fraction of sp³-hybridized carbons (Fsp3) is 0.667. The van der Waals surface area contributed by atoms with Gasteiger partial charge in [0.25, 0.3) is 0 Å². The summed E-state index contributed by atoms with van der Waals surface area (Å²) in [7, 11) is 0. The molecular formula is C9H16N4. The Bertz CT molecular complexity index is 312. The van der Waals surface area contributed by atoms with E-state index in [9.17, 15) is 0 Å². The lowest BCUT2D eigenvalue weighted by Crippen LogP contribution is -2.09. The van der Waals surface area contributed by atoms with Crippen LogP contribution in [0.4, 0.5) is 11.5 Å². The number of aryl methyl sites for hydroxylation is 2. The summed E-state index contributed by atoms with van der Waals surface area (Å²) in [5, 5.41) is 7.74. The van der Waals surface area contributed by atoms with Gasteiger partial charge in [-0.25, -0.2) is 4.68 Å². The summed E-state index contributed by atoms with van der Waals surface area (Å²) < 4.78 is 1.93. The van der Waals surface area contributed by atoms with Crippen LogP contribution in [0.5, 0.6) is 0 Å². The molecule has 72 valence electrons. The van der Waals surface area contributed by atoms with Crippen molar-refractivity contribution >= 4 is 11.5 Å². The van der Waals surface area contributed by atoms with Crippen molar-refractivity contribution in [2.24, 2.45) is 0 Å². The predicted molar refractivity (Wildman–Crippen MR) is 53.7 cm³/mol. The number of nitrogens with zero attached hydrogens (tertiary/aromatic N) is 2. The van der Waals surface area contributed by atoms with Crippen molar-refractivity contribution in [3.63, 3.8) is 0 Å². The molecule has 13 heavy (non-hydrogen) atoms. The fourth-order valence-electron chi connectivity index (χ4n) is 1.40. The Morgan fingerprint density at radius 1 is 1.62 bits per heavy atom. The Kier molecular flexibility index (Phi) is 1.90. The van der Waals surface area contributed by atoms with Crippen molar-refractivity contribution in [3.05, 3.63) is 5.69 Å². The fourth-order valence-corrected chi connectivity index (χ4v) is 1.40. The monoisotopic (exact) mass is 180 g/mol. The van der Waals surface area contributed by atoms with Crippen molar-refractivity contribution in [2.45, 2.75) is 39.3 Å². The molecule has 0 unspecified atom stereocenters. The summed E-state index contributed by atoms with van der Waals surface area (Å²) >= 11 is 0. The third-order valence-corrected chi connectivity index (χ3v) is 2.39. The van der Waals surface area contributed by atoms with Gasteiger partial charge in [0.2, 0.25) is 0 Å². The average molecular weight is 180 g/mol. The molecule has 0 radical (unpaired) electrons. The summed E-state index contributed by atoms with van der Waals surface area (Å²) in [5.41, 5.74) is 7.63. The van der Waals surface area contributed by atoms with Crippen LogP contribution in [0.15, 0.2) is 0 Å². The van der Waals surface area contributed by atoms with Crippen LogP contribution in [0.2, 0.25) is 0 Å². The molecule has 1 saturated carbocycles. The zero-order valence-electron chi connectivity index (χ0n) is 8.17. The number of aromatic nitrogens is 2. The highest BCUT2D eigenvalue weighted by Crippen LogP contribution is 2.29. The lowest BCUT2D eigenvalue weighted by atomic mass is 10.4. The number of nitrogens with one attached hydrogen (secondary N) is 1. The van der Waals surface area contributed by atoms with E-state index in [-0.39, 0.29) is 0 Å². The number of anilines is 2. The maximum absolute atomic E-state index is 5.91. The van der Waals surface area contributed by atoms with Gasteiger partial charge in [0.15, 0.2) is 0 Å². The van der Waals surface area contributed by atoms with Gasteiger partial charge in [0.05, 0.1) is 11.4 Å². The van der Waals surface area contributed by atoms with Gasteiger partial charge < -0.3 is 11.1 Å². The van der Waals surface area contributed by atoms with Crippen molar-refractivity contribution < 1.29 is 0 Å². The molecule has 1 aromatic rings. The highest BCUT2D eigenvalue weighted by molar-refractivity contribution is 5.65. The first-order valence-electron chi connectivity index (χ1n) is 4.81. The van der Waals surface area contributed by atoms with Crippen LogP contribution in [0.3, 0.4) is 0 Å². The molecule has 4 nitrogen and oxygen atoms in total. The minimum atomic E-state index is 0.628. The van der Waals surface area contributed by atoms with E-state index in [1.165, 1.54) is 12.8 Å². The molecule has 0 bridgehead atoms. The zero-order chi connectivity index (χ0) is 9.42. The Labute approximate surface area is 78.1 Å². The molecule has 1 heterocycles. The molecule has 1 aromatic heterocycles. The van der Waals surface area contributed by atoms with Gasteiger partial charge in [0.1, 0.15) is 5.82 Å². The van der Waals surface area contributed by atoms with E-state index in [0.29, 0.717) is 6.04 Å². The van der Waals surface area contributed by atoms with Gasteiger partial charge in [-0.1, -0.05) is 0 Å². The number of hydrogen-bond acceptors (Lipinski definition) is 3. The van der Waals surface area contributed by atoms with Gasteiger partial charge in [-0.2, -0.15) is 5.10 Å². The molecule has 0 aliphatic heterocycles. The minimum Gasteiger partial charge on any atom is -0.394 e. The molecule has 2 rings (SSSR count). The molecule has 0 spiro atoms. The first-order valence-corrected chi connectivity index (χ1v) is 4.81. The van der Waals surface area contributed by atoms with E-state index in [4.69, 9.17) is 5.73 Å². The molecule has 1 fully saturated rings. The largest absolute Gasteiger partial charge is 0.394 e. The van der Waals surface area contributed by atoms with E-state index in [1.54, 1.807) is 0 Å². The number of rotatable bonds is 3. The Morgan fingerprint density at radius 2 is 2.31 bits per heavy atom. The van der Waals surface area contributed by atoms with Crippen LogP contribution in [0, 0.1) is 6.92 Å². The summed E-state index contributed by atoms with van der Waals surface area (Å²) in [6, 6.07) is 0.628. The molecule has 3 N–H and O–H groups in total. The maximum Gasteiger partial charge on any atom is 0.148 e. The second-order valence-electron chi connectivity index (χ2n) is 3.58. The van der Waals surface area contributed by atoms with Gasteiger partial charge in [0, 0.05) is 12.6 Å². The van der Waals surface area contributed by atoms with Crippen LogP contribution >= 0.6 is 0 Å². The maximum atomic E-state index is 5.91. The van der Waals surface area contributed by atoms with Crippen LogP contribution in [0.1, 0.15) is 25.5 Å². The minimum absolute atomic E-state index is 0.628. The Balaban J connectivity index is 2.27. The molecule has 1 aliphatic rings. The van der Waals surface area contributed by atoms with Gasteiger partial charge in [-0.05, 0) is 26.7 Å². The highest BCUT2D eigenvalue weighted by Gasteiger charge is 2.24. The summed E-state index contributed by atoms with van der Waals surface area (Å²) in [6.07, 6.45) is 2.51. The lowest BCUT2D eigenvalue weighted by molar-refractivity contribution is 0.657. The van der Waals surface area contributed by atoms with Gasteiger partial charge in [-0.3, -0.25) is 0 Å². The number of nitrogen functional groups attached to an aromatic ring is 1. The van der Waals surface area contributed by atoms with Crippen molar-refractivity contribution in [2.75, 3.05) is 11.1 Å². The van der Waals surface area contributed by atoms with Gasteiger partial charge >= 0.3 is 0 Å². The molecule has 4 heteroatoms. The van der Waals surface area contributed by atoms with Crippen LogP contribution < -0.4 is 11.1 Å². The van der Waals surface area contributed by atoms with Crippen LogP contribution in [0.25, 0.3) is 0 Å². The van der Waals surface area contributed by atoms with E-state index >= 15 is 0 Å².